The van der Waals surface area contributed by atoms with Crippen LogP contribution in [0.25, 0.3) is 0 Å². The largest absolute Gasteiger partial charge is 0.508 e. The van der Waals surface area contributed by atoms with Crippen LogP contribution in [-0.2, 0) is 19.6 Å². The van der Waals surface area contributed by atoms with Gasteiger partial charge < -0.3 is 10.0 Å². The molecule has 3 rings (SSSR count). The Morgan fingerprint density at radius 1 is 0.844 bits per heavy atom. The summed E-state index contributed by atoms with van der Waals surface area (Å²) >= 11 is 0. The zero-order valence-electron chi connectivity index (χ0n) is 17.2. The summed E-state index contributed by atoms with van der Waals surface area (Å²) < 4.78 is 26.6. The van der Waals surface area contributed by atoms with Gasteiger partial charge in [-0.3, -0.25) is 25.2 Å². The second kappa shape index (κ2) is 10.2. The van der Waals surface area contributed by atoms with Gasteiger partial charge in [0, 0.05) is 44.6 Å². The number of benzene rings is 2. The average Bonchev–Trinajstić information content (AvgIpc) is 2.82. The van der Waals surface area contributed by atoms with Crippen molar-refractivity contribution in [2.75, 3.05) is 26.2 Å². The molecule has 3 N–H and O–H groups in total. The van der Waals surface area contributed by atoms with Crippen LogP contribution in [0.3, 0.4) is 0 Å². The van der Waals surface area contributed by atoms with Crippen molar-refractivity contribution in [1.82, 2.24) is 20.1 Å². The molecule has 1 saturated heterocycles. The molecule has 2 aromatic rings. The molecule has 0 saturated carbocycles. The Kier molecular flexibility index (Phi) is 7.44. The summed E-state index contributed by atoms with van der Waals surface area (Å²) in [6.07, 6.45) is -0.191. The van der Waals surface area contributed by atoms with Gasteiger partial charge in [0.05, 0.1) is 4.90 Å². The predicted octanol–water partition coefficient (Wildman–Crippen LogP) is 0.466. The van der Waals surface area contributed by atoms with Gasteiger partial charge in [0.25, 0.3) is 5.91 Å². The molecular weight excluding hydrogens is 436 g/mol. The Balaban J connectivity index is 1.40. The van der Waals surface area contributed by atoms with E-state index in [4.69, 9.17) is 0 Å². The molecule has 0 aromatic heterocycles. The Bertz CT molecular complexity index is 1070. The van der Waals surface area contributed by atoms with E-state index in [1.807, 2.05) is 0 Å². The topological polar surface area (TPSA) is 136 Å². The van der Waals surface area contributed by atoms with Gasteiger partial charge in [0.15, 0.2) is 0 Å². The van der Waals surface area contributed by atoms with Crippen molar-refractivity contribution < 1.29 is 27.9 Å². The van der Waals surface area contributed by atoms with Crippen LogP contribution < -0.4 is 10.9 Å². The standard InChI is InChI=1S/C21H24N4O6S/c26-17-8-6-16(7-9-17)21(29)23-22-19(27)10-11-20(28)24-12-14-25(15-13-24)32(30,31)18-4-2-1-3-5-18/h1-9,26H,10-15H2,(H,22,27)(H,23,29). The second-order valence-electron chi connectivity index (χ2n) is 7.15. The smallest absolute Gasteiger partial charge is 0.269 e. The molecule has 1 aliphatic rings. The summed E-state index contributed by atoms with van der Waals surface area (Å²) in [4.78, 5) is 38.0. The van der Waals surface area contributed by atoms with Gasteiger partial charge in [-0.15, -0.1) is 0 Å². The Hall–Kier alpha value is -3.44. The average molecular weight is 461 g/mol. The van der Waals surface area contributed by atoms with Crippen molar-refractivity contribution in [3.05, 3.63) is 60.2 Å². The lowest BCUT2D eigenvalue weighted by molar-refractivity contribution is -0.134. The van der Waals surface area contributed by atoms with E-state index in [9.17, 15) is 27.9 Å². The number of nitrogens with zero attached hydrogens (tertiary/aromatic N) is 2. The zero-order chi connectivity index (χ0) is 23.1. The number of aromatic hydroxyl groups is 1. The molecule has 11 heteroatoms. The summed E-state index contributed by atoms with van der Waals surface area (Å²) in [5.41, 5.74) is 4.73. The Morgan fingerprint density at radius 2 is 1.47 bits per heavy atom. The maximum absolute atomic E-state index is 12.6. The quantitative estimate of drug-likeness (QED) is 0.536. The molecule has 0 spiro atoms. The van der Waals surface area contributed by atoms with E-state index in [2.05, 4.69) is 10.9 Å². The van der Waals surface area contributed by atoms with Crippen LogP contribution in [0.2, 0.25) is 0 Å². The Labute approximate surface area is 185 Å². The van der Waals surface area contributed by atoms with Gasteiger partial charge in [-0.1, -0.05) is 18.2 Å². The highest BCUT2D eigenvalue weighted by Gasteiger charge is 2.29. The summed E-state index contributed by atoms with van der Waals surface area (Å²) in [6, 6.07) is 13.6. The molecule has 1 aliphatic heterocycles. The third-order valence-corrected chi connectivity index (χ3v) is 6.90. The molecule has 1 fully saturated rings. The number of piperazine rings is 1. The third kappa shape index (κ3) is 5.83. The van der Waals surface area contributed by atoms with E-state index in [0.717, 1.165) is 0 Å². The molecule has 32 heavy (non-hydrogen) atoms. The summed E-state index contributed by atoms with van der Waals surface area (Å²) in [5.74, 6) is -1.33. The maximum atomic E-state index is 12.6. The molecule has 0 atom stereocenters. The summed E-state index contributed by atoms with van der Waals surface area (Å²) in [5, 5.41) is 9.22. The first-order chi connectivity index (χ1) is 15.3. The lowest BCUT2D eigenvalue weighted by Gasteiger charge is -2.34. The number of phenols is 1. The molecule has 3 amide bonds. The van der Waals surface area contributed by atoms with Crippen LogP contribution in [0.5, 0.6) is 5.75 Å². The number of rotatable bonds is 6. The molecule has 10 nitrogen and oxygen atoms in total. The van der Waals surface area contributed by atoms with Crippen LogP contribution >= 0.6 is 0 Å². The minimum Gasteiger partial charge on any atom is -0.508 e. The summed E-state index contributed by atoms with van der Waals surface area (Å²) in [6.45, 7) is 0.837. The molecule has 1 heterocycles. The lowest BCUT2D eigenvalue weighted by atomic mass is 10.2. The van der Waals surface area contributed by atoms with Crippen LogP contribution in [0.4, 0.5) is 0 Å². The van der Waals surface area contributed by atoms with Crippen molar-refractivity contribution >= 4 is 27.7 Å². The van der Waals surface area contributed by atoms with Crippen molar-refractivity contribution in [2.45, 2.75) is 17.7 Å². The minimum atomic E-state index is -3.60. The number of sulfonamides is 1. The van der Waals surface area contributed by atoms with Crippen LogP contribution in [0.15, 0.2) is 59.5 Å². The normalized spacial score (nSPS) is 14.6. The van der Waals surface area contributed by atoms with Crippen molar-refractivity contribution in [3.8, 4) is 5.75 Å². The van der Waals surface area contributed by atoms with Gasteiger partial charge in [0.1, 0.15) is 5.75 Å². The fourth-order valence-electron chi connectivity index (χ4n) is 3.17. The number of carbonyl (C=O) groups excluding carboxylic acids is 3. The highest BCUT2D eigenvalue weighted by Crippen LogP contribution is 2.17. The number of nitrogens with one attached hydrogen (secondary N) is 2. The van der Waals surface area contributed by atoms with E-state index in [0.29, 0.717) is 0 Å². The number of hydrogen-bond donors (Lipinski definition) is 3. The molecule has 0 bridgehead atoms. The van der Waals surface area contributed by atoms with Gasteiger partial charge >= 0.3 is 0 Å². The van der Waals surface area contributed by atoms with Crippen molar-refractivity contribution in [1.29, 1.82) is 0 Å². The fraction of sp³-hybridized carbons (Fsp3) is 0.286. The number of amides is 3. The summed E-state index contributed by atoms with van der Waals surface area (Å²) in [7, 11) is -3.60. The first kappa shape index (κ1) is 23.2. The van der Waals surface area contributed by atoms with E-state index < -0.39 is 21.8 Å². The van der Waals surface area contributed by atoms with E-state index in [1.54, 1.807) is 18.2 Å². The SMILES string of the molecule is O=C(CCC(=O)N1CCN(S(=O)(=O)c2ccccc2)CC1)NNC(=O)c1ccc(O)cc1. The molecule has 170 valence electrons. The highest BCUT2D eigenvalue weighted by molar-refractivity contribution is 7.89. The molecule has 2 aromatic carbocycles. The van der Waals surface area contributed by atoms with Crippen molar-refractivity contribution in [2.24, 2.45) is 0 Å². The van der Waals surface area contributed by atoms with E-state index in [-0.39, 0.29) is 61.1 Å². The Morgan fingerprint density at radius 3 is 2.09 bits per heavy atom. The number of carbonyl (C=O) groups is 3. The third-order valence-electron chi connectivity index (χ3n) is 4.98. The first-order valence-corrected chi connectivity index (χ1v) is 11.4. The van der Waals surface area contributed by atoms with Crippen LogP contribution in [-0.4, -0.2) is 66.6 Å². The van der Waals surface area contributed by atoms with Crippen LogP contribution in [0.1, 0.15) is 23.2 Å². The van der Waals surface area contributed by atoms with E-state index >= 15 is 0 Å². The zero-order valence-corrected chi connectivity index (χ0v) is 18.0. The molecule has 0 aliphatic carbocycles. The monoisotopic (exact) mass is 460 g/mol. The van der Waals surface area contributed by atoms with E-state index in [1.165, 1.54) is 45.6 Å². The number of phenolic OH excluding ortho intramolecular Hbond substituents is 1. The predicted molar refractivity (Wildman–Crippen MR) is 115 cm³/mol. The van der Waals surface area contributed by atoms with Gasteiger partial charge in [-0.05, 0) is 36.4 Å². The number of hydrogen-bond acceptors (Lipinski definition) is 6. The van der Waals surface area contributed by atoms with Crippen LogP contribution in [0, 0.1) is 0 Å². The first-order valence-electron chi connectivity index (χ1n) is 9.98. The van der Waals surface area contributed by atoms with Crippen molar-refractivity contribution in [3.63, 3.8) is 0 Å². The minimum absolute atomic E-state index is 0.0163. The second-order valence-corrected chi connectivity index (χ2v) is 9.09. The maximum Gasteiger partial charge on any atom is 0.269 e. The van der Waals surface area contributed by atoms with Gasteiger partial charge in [-0.2, -0.15) is 4.31 Å². The fourth-order valence-corrected chi connectivity index (χ4v) is 4.62. The molecule has 0 radical (unpaired) electrons. The molecular formula is C21H24N4O6S. The number of hydrazine groups is 1. The van der Waals surface area contributed by atoms with Gasteiger partial charge in [-0.25, -0.2) is 8.42 Å². The highest BCUT2D eigenvalue weighted by atomic mass is 32.2. The van der Waals surface area contributed by atoms with Gasteiger partial charge in [0.2, 0.25) is 21.8 Å². The lowest BCUT2D eigenvalue weighted by Crippen LogP contribution is -2.50. The molecule has 0 unspecified atom stereocenters.